The van der Waals surface area contributed by atoms with E-state index in [1.54, 1.807) is 31.2 Å². The maximum atomic E-state index is 12.3. The highest BCUT2D eigenvalue weighted by molar-refractivity contribution is 5.91. The number of amides is 1. The summed E-state index contributed by atoms with van der Waals surface area (Å²) in [4.78, 5) is 14.0. The molecule has 0 saturated heterocycles. The second kappa shape index (κ2) is 7.75. The third-order valence-corrected chi connectivity index (χ3v) is 3.91. The molecule has 2 aromatic carbocycles. The molecule has 2 aromatic rings. The van der Waals surface area contributed by atoms with E-state index in [0.29, 0.717) is 37.0 Å². The van der Waals surface area contributed by atoms with Gasteiger partial charge < -0.3 is 19.1 Å². The number of rotatable bonds is 5. The fourth-order valence-corrected chi connectivity index (χ4v) is 2.62. The molecule has 0 radical (unpaired) electrons. The van der Waals surface area contributed by atoms with Gasteiger partial charge in [-0.1, -0.05) is 30.3 Å². The van der Waals surface area contributed by atoms with Gasteiger partial charge in [0, 0.05) is 19.7 Å². The van der Waals surface area contributed by atoms with Crippen LogP contribution in [0.1, 0.15) is 11.1 Å². The minimum atomic E-state index is -0.0716. The van der Waals surface area contributed by atoms with Gasteiger partial charge in [0.25, 0.3) is 0 Å². The summed E-state index contributed by atoms with van der Waals surface area (Å²) in [6, 6.07) is 13.6. The van der Waals surface area contributed by atoms with E-state index >= 15 is 0 Å². The maximum Gasteiger partial charge on any atom is 0.246 e. The van der Waals surface area contributed by atoms with E-state index in [4.69, 9.17) is 14.2 Å². The molecule has 0 fully saturated rings. The van der Waals surface area contributed by atoms with Crippen LogP contribution in [0.3, 0.4) is 0 Å². The molecule has 25 heavy (non-hydrogen) atoms. The lowest BCUT2D eigenvalue weighted by Crippen LogP contribution is -2.24. The molecular formula is C20H21NO4. The van der Waals surface area contributed by atoms with Crippen molar-refractivity contribution in [3.63, 3.8) is 0 Å². The fourth-order valence-electron chi connectivity index (χ4n) is 2.62. The lowest BCUT2D eigenvalue weighted by atomic mass is 10.1. The SMILES string of the molecule is COc1cc(/C=C/C(=O)N(C)Cc2ccccc2)cc2c1OCCO2. The maximum absolute atomic E-state index is 12.3. The van der Waals surface area contributed by atoms with Gasteiger partial charge in [0.05, 0.1) is 7.11 Å². The summed E-state index contributed by atoms with van der Waals surface area (Å²) < 4.78 is 16.5. The molecule has 0 bridgehead atoms. The first-order chi connectivity index (χ1) is 12.2. The van der Waals surface area contributed by atoms with Crippen LogP contribution in [-0.2, 0) is 11.3 Å². The first-order valence-corrected chi connectivity index (χ1v) is 8.12. The summed E-state index contributed by atoms with van der Waals surface area (Å²) in [5, 5.41) is 0. The van der Waals surface area contributed by atoms with Gasteiger partial charge in [0.1, 0.15) is 13.2 Å². The standard InChI is InChI=1S/C20H21NO4/c1-21(14-15-6-4-3-5-7-15)19(22)9-8-16-12-17(23-2)20-18(13-16)24-10-11-25-20/h3-9,12-13H,10-11,14H2,1-2H3/b9-8+. The quantitative estimate of drug-likeness (QED) is 0.785. The molecule has 5 nitrogen and oxygen atoms in total. The second-order valence-corrected chi connectivity index (χ2v) is 5.76. The number of nitrogens with zero attached hydrogens (tertiary/aromatic N) is 1. The Bertz CT molecular complexity index is 754. The Morgan fingerprint density at radius 1 is 1.20 bits per heavy atom. The minimum Gasteiger partial charge on any atom is -0.493 e. The zero-order valence-electron chi connectivity index (χ0n) is 14.4. The first-order valence-electron chi connectivity index (χ1n) is 8.12. The normalized spacial score (nSPS) is 12.9. The van der Waals surface area contributed by atoms with Crippen molar-refractivity contribution in [3.8, 4) is 17.2 Å². The van der Waals surface area contributed by atoms with Crippen molar-refractivity contribution < 1.29 is 19.0 Å². The number of methoxy groups -OCH3 is 1. The van der Waals surface area contributed by atoms with Crippen molar-refractivity contribution in [1.29, 1.82) is 0 Å². The van der Waals surface area contributed by atoms with Gasteiger partial charge >= 0.3 is 0 Å². The number of hydrogen-bond donors (Lipinski definition) is 0. The molecule has 0 N–H and O–H groups in total. The summed E-state index contributed by atoms with van der Waals surface area (Å²) >= 11 is 0. The molecule has 1 aliphatic heterocycles. The van der Waals surface area contributed by atoms with E-state index < -0.39 is 0 Å². The van der Waals surface area contributed by atoms with Crippen LogP contribution >= 0.6 is 0 Å². The van der Waals surface area contributed by atoms with Gasteiger partial charge in [-0.2, -0.15) is 0 Å². The largest absolute Gasteiger partial charge is 0.493 e. The van der Waals surface area contributed by atoms with Crippen LogP contribution in [0, 0.1) is 0 Å². The van der Waals surface area contributed by atoms with Crippen LogP contribution in [0.25, 0.3) is 6.08 Å². The predicted molar refractivity (Wildman–Crippen MR) is 95.9 cm³/mol. The van der Waals surface area contributed by atoms with Gasteiger partial charge in [-0.05, 0) is 29.3 Å². The van der Waals surface area contributed by atoms with Crippen molar-refractivity contribution in [1.82, 2.24) is 4.90 Å². The molecule has 130 valence electrons. The van der Waals surface area contributed by atoms with Crippen LogP contribution in [0.4, 0.5) is 0 Å². The molecule has 0 saturated carbocycles. The van der Waals surface area contributed by atoms with Crippen LogP contribution in [0.5, 0.6) is 17.2 Å². The molecule has 0 aromatic heterocycles. The van der Waals surface area contributed by atoms with E-state index in [2.05, 4.69) is 0 Å². The number of benzene rings is 2. The number of carbonyl (C=O) groups is 1. The zero-order valence-corrected chi connectivity index (χ0v) is 14.4. The number of likely N-dealkylation sites (N-methyl/N-ethyl adjacent to an activating group) is 1. The van der Waals surface area contributed by atoms with E-state index in [1.165, 1.54) is 0 Å². The monoisotopic (exact) mass is 339 g/mol. The number of ether oxygens (including phenoxy) is 3. The molecule has 1 aliphatic rings. The van der Waals surface area contributed by atoms with Crippen LogP contribution in [0.15, 0.2) is 48.5 Å². The Balaban J connectivity index is 1.71. The van der Waals surface area contributed by atoms with Crippen molar-refractivity contribution in [2.24, 2.45) is 0 Å². The highest BCUT2D eigenvalue weighted by Gasteiger charge is 2.17. The van der Waals surface area contributed by atoms with Gasteiger partial charge in [-0.25, -0.2) is 0 Å². The Hall–Kier alpha value is -2.95. The lowest BCUT2D eigenvalue weighted by molar-refractivity contribution is -0.125. The average molecular weight is 339 g/mol. The highest BCUT2D eigenvalue weighted by atomic mass is 16.6. The zero-order chi connectivity index (χ0) is 17.6. The van der Waals surface area contributed by atoms with Crippen molar-refractivity contribution >= 4 is 12.0 Å². The Kier molecular flexibility index (Phi) is 5.23. The topological polar surface area (TPSA) is 48.0 Å². The second-order valence-electron chi connectivity index (χ2n) is 5.76. The number of fused-ring (bicyclic) bond motifs is 1. The third kappa shape index (κ3) is 4.12. The average Bonchev–Trinajstić information content (AvgIpc) is 2.66. The van der Waals surface area contributed by atoms with Gasteiger partial charge in [-0.15, -0.1) is 0 Å². The molecule has 5 heteroatoms. The van der Waals surface area contributed by atoms with Crippen LogP contribution in [-0.4, -0.2) is 38.2 Å². The summed E-state index contributed by atoms with van der Waals surface area (Å²) in [6.45, 7) is 1.57. The van der Waals surface area contributed by atoms with Crippen molar-refractivity contribution in [2.75, 3.05) is 27.4 Å². The molecule has 0 unspecified atom stereocenters. The highest BCUT2D eigenvalue weighted by Crippen LogP contribution is 2.40. The van der Waals surface area contributed by atoms with E-state index in [-0.39, 0.29) is 5.91 Å². The van der Waals surface area contributed by atoms with Crippen LogP contribution < -0.4 is 14.2 Å². The Labute approximate surface area is 147 Å². The molecule has 0 atom stereocenters. The summed E-state index contributed by atoms with van der Waals surface area (Å²) in [5.41, 5.74) is 1.91. The van der Waals surface area contributed by atoms with Crippen molar-refractivity contribution in [3.05, 3.63) is 59.7 Å². The molecule has 0 aliphatic carbocycles. The summed E-state index contributed by atoms with van der Waals surface area (Å²) in [5.74, 6) is 1.77. The Morgan fingerprint density at radius 2 is 1.96 bits per heavy atom. The van der Waals surface area contributed by atoms with Gasteiger partial charge in [0.15, 0.2) is 11.5 Å². The summed E-state index contributed by atoms with van der Waals surface area (Å²) in [6.07, 6.45) is 3.30. The third-order valence-electron chi connectivity index (χ3n) is 3.91. The number of carbonyl (C=O) groups excluding carboxylic acids is 1. The summed E-state index contributed by atoms with van der Waals surface area (Å²) in [7, 11) is 3.37. The van der Waals surface area contributed by atoms with Gasteiger partial charge in [0.2, 0.25) is 11.7 Å². The lowest BCUT2D eigenvalue weighted by Gasteiger charge is -2.21. The number of hydrogen-bond acceptors (Lipinski definition) is 4. The van der Waals surface area contributed by atoms with E-state index in [9.17, 15) is 4.79 Å². The smallest absolute Gasteiger partial charge is 0.246 e. The van der Waals surface area contributed by atoms with Crippen LogP contribution in [0.2, 0.25) is 0 Å². The molecule has 0 spiro atoms. The molecule has 1 heterocycles. The van der Waals surface area contributed by atoms with Gasteiger partial charge in [-0.3, -0.25) is 4.79 Å². The molecular weight excluding hydrogens is 318 g/mol. The van der Waals surface area contributed by atoms with Crippen molar-refractivity contribution in [2.45, 2.75) is 6.54 Å². The fraction of sp³-hybridized carbons (Fsp3) is 0.250. The predicted octanol–water partition coefficient (Wildman–Crippen LogP) is 3.14. The molecule has 1 amide bonds. The Morgan fingerprint density at radius 3 is 2.72 bits per heavy atom. The first kappa shape index (κ1) is 16.9. The minimum absolute atomic E-state index is 0.0716. The van der Waals surface area contributed by atoms with E-state index in [0.717, 1.165) is 11.1 Å². The molecule has 3 rings (SSSR count). The van der Waals surface area contributed by atoms with E-state index in [1.807, 2.05) is 42.5 Å².